The third kappa shape index (κ3) is 5.50. The van der Waals surface area contributed by atoms with Crippen molar-refractivity contribution in [3.05, 3.63) is 84.3 Å². The molecule has 0 unspecified atom stereocenters. The molecule has 5 rings (SSSR count). The molecule has 0 saturated carbocycles. The van der Waals surface area contributed by atoms with Crippen LogP contribution in [0.25, 0.3) is 10.9 Å². The van der Waals surface area contributed by atoms with Crippen LogP contribution < -0.4 is 10.6 Å². The molecular formula is C28H30N8O. The first-order chi connectivity index (χ1) is 18.0. The Morgan fingerprint density at radius 2 is 1.76 bits per heavy atom. The van der Waals surface area contributed by atoms with Crippen LogP contribution in [0.2, 0.25) is 0 Å². The van der Waals surface area contributed by atoms with Crippen LogP contribution in [0.4, 0.5) is 5.69 Å². The molecule has 188 valence electrons. The number of aliphatic imine (C=N–C) groups is 2. The molecule has 2 aliphatic rings. The second kappa shape index (κ2) is 10.6. The van der Waals surface area contributed by atoms with E-state index in [0.29, 0.717) is 43.7 Å². The number of nitrogens with zero attached hydrogens (tertiary/aromatic N) is 5. The summed E-state index contributed by atoms with van der Waals surface area (Å²) in [5.41, 5.74) is 3.53. The number of carbonyl (C=O) groups excluding carboxylic acids is 1. The molecule has 0 spiro atoms. The quantitative estimate of drug-likeness (QED) is 0.511. The third-order valence-electron chi connectivity index (χ3n) is 6.55. The van der Waals surface area contributed by atoms with Gasteiger partial charge in [0.25, 0.3) is 0 Å². The number of hydrogen-bond donors (Lipinski definition) is 3. The van der Waals surface area contributed by atoms with E-state index >= 15 is 0 Å². The SMILES string of the molecule is CC(=O)N1CCN(C2=N/C(=C/Nc3ccccc3)C(=N)C(N[C@H](C)c3cnc4ccccc4c3)=N2)CC1. The van der Waals surface area contributed by atoms with E-state index in [9.17, 15) is 4.79 Å². The van der Waals surface area contributed by atoms with Gasteiger partial charge in [0.05, 0.1) is 11.6 Å². The van der Waals surface area contributed by atoms with Gasteiger partial charge in [-0.05, 0) is 36.8 Å². The van der Waals surface area contributed by atoms with Crippen LogP contribution in [0.3, 0.4) is 0 Å². The predicted octanol–water partition coefficient (Wildman–Crippen LogP) is 3.79. The lowest BCUT2D eigenvalue weighted by Crippen LogP contribution is -2.51. The standard InChI is InChI=1S/C28H30N8O/c1-19(22-16-21-8-6-7-11-24(21)31-17-22)32-27-26(29)25(18-30-23-9-4-3-5-10-23)33-28(34-27)36-14-12-35(13-15-36)20(2)37/h3-11,16-19,29-30H,12-15H2,1-2H3,(H,32,33,34)/b25-18+,29-26?/t19-/m1/s1. The number of nitrogens with one attached hydrogen (secondary N) is 3. The molecule has 2 aliphatic heterocycles. The van der Waals surface area contributed by atoms with Crippen LogP contribution in [0.15, 0.2) is 88.7 Å². The largest absolute Gasteiger partial charge is 0.362 e. The third-order valence-corrected chi connectivity index (χ3v) is 6.55. The van der Waals surface area contributed by atoms with Gasteiger partial charge in [0.2, 0.25) is 11.9 Å². The van der Waals surface area contributed by atoms with Crippen molar-refractivity contribution in [3.63, 3.8) is 0 Å². The normalized spacial score (nSPS) is 17.9. The lowest BCUT2D eigenvalue weighted by atomic mass is 10.1. The molecule has 9 nitrogen and oxygen atoms in total. The number of amidine groups is 1. The lowest BCUT2D eigenvalue weighted by Gasteiger charge is -2.35. The van der Waals surface area contributed by atoms with Gasteiger partial charge in [-0.2, -0.15) is 4.99 Å². The first-order valence-corrected chi connectivity index (χ1v) is 12.4. The van der Waals surface area contributed by atoms with Crippen LogP contribution in [-0.2, 0) is 4.79 Å². The number of amides is 1. The van der Waals surface area contributed by atoms with Crippen molar-refractivity contribution in [2.75, 3.05) is 31.5 Å². The highest BCUT2D eigenvalue weighted by molar-refractivity contribution is 6.48. The fraction of sp³-hybridized carbons (Fsp3) is 0.250. The Balaban J connectivity index is 1.41. The number of aromatic nitrogens is 1. The van der Waals surface area contributed by atoms with E-state index in [0.717, 1.165) is 22.2 Å². The fourth-order valence-corrected chi connectivity index (χ4v) is 4.34. The summed E-state index contributed by atoms with van der Waals surface area (Å²) in [6, 6.07) is 19.7. The number of anilines is 1. The summed E-state index contributed by atoms with van der Waals surface area (Å²) in [7, 11) is 0. The maximum Gasteiger partial charge on any atom is 0.228 e. The number of hydrogen-bond acceptors (Lipinski definition) is 8. The lowest BCUT2D eigenvalue weighted by molar-refractivity contribution is -0.130. The van der Waals surface area contributed by atoms with Crippen LogP contribution in [0.5, 0.6) is 0 Å². The molecule has 3 aromatic rings. The van der Waals surface area contributed by atoms with E-state index in [1.165, 1.54) is 0 Å². The Morgan fingerprint density at radius 1 is 1.03 bits per heavy atom. The maximum atomic E-state index is 11.8. The first kappa shape index (κ1) is 24.2. The molecule has 1 saturated heterocycles. The van der Waals surface area contributed by atoms with E-state index in [2.05, 4.69) is 26.6 Å². The molecule has 1 aromatic heterocycles. The Bertz CT molecular complexity index is 1400. The van der Waals surface area contributed by atoms with E-state index in [-0.39, 0.29) is 17.7 Å². The number of benzene rings is 2. The van der Waals surface area contributed by atoms with Crippen molar-refractivity contribution >= 4 is 40.0 Å². The zero-order chi connectivity index (χ0) is 25.8. The van der Waals surface area contributed by atoms with Gasteiger partial charge in [0.1, 0.15) is 11.4 Å². The number of piperazine rings is 1. The minimum Gasteiger partial charge on any atom is -0.362 e. The summed E-state index contributed by atoms with van der Waals surface area (Å²) in [5.74, 6) is 1.05. The van der Waals surface area contributed by atoms with Crippen molar-refractivity contribution in [1.29, 1.82) is 5.41 Å². The molecule has 3 heterocycles. The van der Waals surface area contributed by atoms with Crippen LogP contribution in [-0.4, -0.2) is 64.4 Å². The number of rotatable bonds is 4. The molecule has 9 heteroatoms. The number of carbonyl (C=O) groups is 1. The van der Waals surface area contributed by atoms with Crippen molar-refractivity contribution in [1.82, 2.24) is 20.1 Å². The van der Waals surface area contributed by atoms with Crippen molar-refractivity contribution < 1.29 is 4.79 Å². The van der Waals surface area contributed by atoms with Crippen LogP contribution in [0.1, 0.15) is 25.5 Å². The van der Waals surface area contributed by atoms with E-state index in [4.69, 9.17) is 15.4 Å². The van der Waals surface area contributed by atoms with Gasteiger partial charge in [-0.25, -0.2) is 4.99 Å². The molecule has 3 N–H and O–H groups in total. The van der Waals surface area contributed by atoms with Crippen molar-refractivity contribution in [2.24, 2.45) is 9.98 Å². The van der Waals surface area contributed by atoms with Crippen LogP contribution >= 0.6 is 0 Å². The number of fused-ring (bicyclic) bond motifs is 1. The molecule has 0 aliphatic carbocycles. The molecule has 2 aromatic carbocycles. The van der Waals surface area contributed by atoms with Gasteiger partial charge >= 0.3 is 0 Å². The average molecular weight is 495 g/mol. The van der Waals surface area contributed by atoms with Gasteiger partial charge in [-0.1, -0.05) is 36.4 Å². The molecule has 1 atom stereocenters. The van der Waals surface area contributed by atoms with Gasteiger partial charge < -0.3 is 20.4 Å². The van der Waals surface area contributed by atoms with Crippen molar-refractivity contribution in [3.8, 4) is 0 Å². The second-order valence-electron chi connectivity index (χ2n) is 9.11. The molecule has 1 amide bonds. The minimum absolute atomic E-state index is 0.0725. The van der Waals surface area contributed by atoms with Gasteiger partial charge in [-0.3, -0.25) is 15.2 Å². The second-order valence-corrected chi connectivity index (χ2v) is 9.11. The molecule has 0 radical (unpaired) electrons. The van der Waals surface area contributed by atoms with E-state index in [1.54, 1.807) is 13.1 Å². The topological polar surface area (TPSA) is 109 Å². The summed E-state index contributed by atoms with van der Waals surface area (Å²) in [6.07, 6.45) is 3.60. The zero-order valence-corrected chi connectivity index (χ0v) is 21.0. The summed E-state index contributed by atoms with van der Waals surface area (Å²) in [5, 5.41) is 16.6. The fourth-order valence-electron chi connectivity index (χ4n) is 4.34. The Hall–Kier alpha value is -4.53. The van der Waals surface area contributed by atoms with Gasteiger partial charge in [0.15, 0.2) is 5.84 Å². The number of guanidine groups is 1. The molecule has 1 fully saturated rings. The van der Waals surface area contributed by atoms with Crippen molar-refractivity contribution in [2.45, 2.75) is 19.9 Å². The van der Waals surface area contributed by atoms with E-state index < -0.39 is 0 Å². The minimum atomic E-state index is -0.131. The van der Waals surface area contributed by atoms with Gasteiger partial charge in [0, 0.05) is 56.6 Å². The first-order valence-electron chi connectivity index (χ1n) is 12.4. The maximum absolute atomic E-state index is 11.8. The summed E-state index contributed by atoms with van der Waals surface area (Å²) in [4.78, 5) is 29.7. The summed E-state index contributed by atoms with van der Waals surface area (Å²) < 4.78 is 0. The Kier molecular flexibility index (Phi) is 6.93. The van der Waals surface area contributed by atoms with Gasteiger partial charge in [-0.15, -0.1) is 0 Å². The van der Waals surface area contributed by atoms with Crippen LogP contribution in [0, 0.1) is 5.41 Å². The highest BCUT2D eigenvalue weighted by atomic mass is 16.2. The Morgan fingerprint density at radius 3 is 2.51 bits per heavy atom. The molecule has 0 bridgehead atoms. The van der Waals surface area contributed by atoms with E-state index in [1.807, 2.05) is 72.6 Å². The monoisotopic (exact) mass is 494 g/mol. The smallest absolute Gasteiger partial charge is 0.228 e. The summed E-state index contributed by atoms with van der Waals surface area (Å²) in [6.45, 7) is 6.12. The summed E-state index contributed by atoms with van der Waals surface area (Å²) >= 11 is 0. The highest BCUT2D eigenvalue weighted by Crippen LogP contribution is 2.20. The molecular weight excluding hydrogens is 464 g/mol. The average Bonchev–Trinajstić information content (AvgIpc) is 2.93. The predicted molar refractivity (Wildman–Crippen MR) is 148 cm³/mol. The number of para-hydroxylation sites is 2. The molecule has 37 heavy (non-hydrogen) atoms. The number of pyridine rings is 1. The highest BCUT2D eigenvalue weighted by Gasteiger charge is 2.27. The Labute approximate surface area is 216 Å². The zero-order valence-electron chi connectivity index (χ0n) is 21.0.